The SMILES string of the molecule is CCOC(=O)C1(CCCn2c(=O)cnc3ccc(C)cc32)CCN(CCSc2cccs2)CC1. The second-order valence-corrected chi connectivity index (χ2v) is 11.3. The molecular weight excluding hydrogens is 466 g/mol. The van der Waals surface area contributed by atoms with Crippen LogP contribution in [0.1, 0.15) is 38.2 Å². The van der Waals surface area contributed by atoms with E-state index in [2.05, 4.69) is 27.4 Å². The minimum Gasteiger partial charge on any atom is -0.466 e. The van der Waals surface area contributed by atoms with Crippen molar-refractivity contribution in [3.05, 3.63) is 57.8 Å². The molecule has 34 heavy (non-hydrogen) atoms. The number of fused-ring (bicyclic) bond motifs is 1. The van der Waals surface area contributed by atoms with Gasteiger partial charge in [-0.15, -0.1) is 23.1 Å². The molecule has 3 aromatic rings. The number of hydrogen-bond donors (Lipinski definition) is 0. The Hall–Kier alpha value is -2.16. The number of benzene rings is 1. The van der Waals surface area contributed by atoms with Crippen molar-refractivity contribution in [3.8, 4) is 0 Å². The third-order valence-electron chi connectivity index (χ3n) is 6.71. The van der Waals surface area contributed by atoms with Crippen LogP contribution in [0.25, 0.3) is 11.0 Å². The number of likely N-dealkylation sites (tertiary alicyclic amines) is 1. The Labute approximate surface area is 209 Å². The van der Waals surface area contributed by atoms with Crippen LogP contribution in [0.15, 0.2) is 50.9 Å². The molecule has 3 heterocycles. The second-order valence-electron chi connectivity index (χ2n) is 8.97. The molecule has 0 N–H and O–H groups in total. The minimum absolute atomic E-state index is 0.0783. The molecule has 0 radical (unpaired) electrons. The predicted octanol–water partition coefficient (Wildman–Crippen LogP) is 4.98. The lowest BCUT2D eigenvalue weighted by Crippen LogP contribution is -2.46. The minimum atomic E-state index is -0.463. The van der Waals surface area contributed by atoms with Crippen molar-refractivity contribution in [2.45, 2.75) is 50.3 Å². The zero-order chi connectivity index (χ0) is 24.0. The number of piperidine rings is 1. The van der Waals surface area contributed by atoms with Gasteiger partial charge in [-0.2, -0.15) is 0 Å². The lowest BCUT2D eigenvalue weighted by molar-refractivity contribution is -0.159. The van der Waals surface area contributed by atoms with Gasteiger partial charge in [0, 0.05) is 18.8 Å². The van der Waals surface area contributed by atoms with Crippen LogP contribution >= 0.6 is 23.1 Å². The molecule has 8 heteroatoms. The van der Waals surface area contributed by atoms with Crippen LogP contribution in [0.3, 0.4) is 0 Å². The van der Waals surface area contributed by atoms with E-state index < -0.39 is 5.41 Å². The van der Waals surface area contributed by atoms with Crippen molar-refractivity contribution in [1.82, 2.24) is 14.5 Å². The molecule has 182 valence electrons. The summed E-state index contributed by atoms with van der Waals surface area (Å²) in [6, 6.07) is 10.2. The van der Waals surface area contributed by atoms with Gasteiger partial charge >= 0.3 is 5.97 Å². The Morgan fingerprint density at radius 3 is 2.79 bits per heavy atom. The summed E-state index contributed by atoms with van der Waals surface area (Å²) in [5.74, 6) is 0.982. The summed E-state index contributed by atoms with van der Waals surface area (Å²) < 4.78 is 8.67. The molecular formula is C26H33N3O3S2. The maximum absolute atomic E-state index is 13.0. The van der Waals surface area contributed by atoms with Crippen molar-refractivity contribution in [1.29, 1.82) is 0 Å². The molecule has 0 atom stereocenters. The van der Waals surface area contributed by atoms with Crippen LogP contribution in [-0.4, -0.2) is 52.4 Å². The van der Waals surface area contributed by atoms with E-state index in [4.69, 9.17) is 4.74 Å². The van der Waals surface area contributed by atoms with E-state index in [1.165, 1.54) is 10.4 Å². The standard InChI is InChI=1S/C26H33N3O3S2/c1-3-32-25(31)26(10-13-28(14-11-26)15-17-34-24-6-4-16-33-24)9-5-12-29-22-18-20(2)7-8-21(22)27-19-23(29)30/h4,6-8,16,18-19H,3,5,9-15,17H2,1-2H3. The number of hydrogen-bond acceptors (Lipinski definition) is 7. The normalized spacial score (nSPS) is 16.1. The van der Waals surface area contributed by atoms with Crippen molar-refractivity contribution in [3.63, 3.8) is 0 Å². The molecule has 1 saturated heterocycles. The number of thiophene rings is 1. The van der Waals surface area contributed by atoms with Gasteiger partial charge in [-0.05, 0) is 81.8 Å². The van der Waals surface area contributed by atoms with E-state index in [-0.39, 0.29) is 11.5 Å². The lowest BCUT2D eigenvalue weighted by Gasteiger charge is -2.40. The second kappa shape index (κ2) is 11.5. The van der Waals surface area contributed by atoms with Gasteiger partial charge in [0.25, 0.3) is 5.56 Å². The van der Waals surface area contributed by atoms with E-state index in [1.807, 2.05) is 43.8 Å². The predicted molar refractivity (Wildman–Crippen MR) is 140 cm³/mol. The number of aryl methyl sites for hydroxylation is 2. The number of carbonyl (C=O) groups is 1. The monoisotopic (exact) mass is 499 g/mol. The fraction of sp³-hybridized carbons (Fsp3) is 0.500. The number of nitrogens with zero attached hydrogens (tertiary/aromatic N) is 3. The molecule has 1 aromatic carbocycles. The van der Waals surface area contributed by atoms with E-state index in [0.29, 0.717) is 13.2 Å². The quantitative estimate of drug-likeness (QED) is 0.289. The Kier molecular flexibility index (Phi) is 8.45. The number of esters is 1. The maximum Gasteiger partial charge on any atom is 0.312 e. The Morgan fingerprint density at radius 2 is 2.06 bits per heavy atom. The van der Waals surface area contributed by atoms with Gasteiger partial charge < -0.3 is 14.2 Å². The molecule has 0 amide bonds. The van der Waals surface area contributed by atoms with E-state index in [0.717, 1.165) is 67.7 Å². The number of ether oxygens (including phenoxy) is 1. The van der Waals surface area contributed by atoms with Gasteiger partial charge in [0.15, 0.2) is 0 Å². The molecule has 1 fully saturated rings. The highest BCUT2D eigenvalue weighted by Gasteiger charge is 2.42. The topological polar surface area (TPSA) is 64.4 Å². The first-order valence-electron chi connectivity index (χ1n) is 12.0. The smallest absolute Gasteiger partial charge is 0.312 e. The summed E-state index contributed by atoms with van der Waals surface area (Å²) >= 11 is 3.68. The van der Waals surface area contributed by atoms with Gasteiger partial charge in [0.05, 0.1) is 33.5 Å². The van der Waals surface area contributed by atoms with Crippen LogP contribution in [-0.2, 0) is 16.1 Å². The zero-order valence-corrected chi connectivity index (χ0v) is 21.6. The summed E-state index contributed by atoms with van der Waals surface area (Å²) in [5, 5.41) is 2.11. The van der Waals surface area contributed by atoms with E-state index in [1.54, 1.807) is 15.9 Å². The Bertz CT molecular complexity index is 1150. The molecule has 4 rings (SSSR count). The Balaban J connectivity index is 1.38. The number of rotatable bonds is 10. The molecule has 2 aromatic heterocycles. The van der Waals surface area contributed by atoms with Gasteiger partial charge in [-0.25, -0.2) is 4.98 Å². The van der Waals surface area contributed by atoms with Crippen LogP contribution in [0.5, 0.6) is 0 Å². The summed E-state index contributed by atoms with van der Waals surface area (Å²) in [5.41, 5.74) is 2.22. The first kappa shape index (κ1) is 24.9. The highest BCUT2D eigenvalue weighted by atomic mass is 32.2. The molecule has 0 spiro atoms. The highest BCUT2D eigenvalue weighted by Crippen LogP contribution is 2.38. The number of aromatic nitrogens is 2. The summed E-state index contributed by atoms with van der Waals surface area (Å²) in [6.07, 6.45) is 4.48. The largest absolute Gasteiger partial charge is 0.466 e. The average molecular weight is 500 g/mol. The van der Waals surface area contributed by atoms with Crippen LogP contribution in [0.4, 0.5) is 0 Å². The summed E-state index contributed by atoms with van der Waals surface area (Å²) in [6.45, 7) is 7.69. The molecule has 0 aliphatic carbocycles. The molecule has 1 aliphatic rings. The molecule has 0 saturated carbocycles. The van der Waals surface area contributed by atoms with Crippen LogP contribution in [0.2, 0.25) is 0 Å². The van der Waals surface area contributed by atoms with Gasteiger partial charge in [0.1, 0.15) is 0 Å². The van der Waals surface area contributed by atoms with Crippen LogP contribution < -0.4 is 5.56 Å². The fourth-order valence-electron chi connectivity index (χ4n) is 4.74. The first-order chi connectivity index (χ1) is 16.5. The summed E-state index contributed by atoms with van der Waals surface area (Å²) in [7, 11) is 0. The Morgan fingerprint density at radius 1 is 1.24 bits per heavy atom. The van der Waals surface area contributed by atoms with Crippen molar-refractivity contribution >= 4 is 40.1 Å². The van der Waals surface area contributed by atoms with E-state index >= 15 is 0 Å². The van der Waals surface area contributed by atoms with Crippen molar-refractivity contribution in [2.24, 2.45) is 5.41 Å². The first-order valence-corrected chi connectivity index (χ1v) is 13.9. The molecule has 0 unspecified atom stereocenters. The van der Waals surface area contributed by atoms with Crippen molar-refractivity contribution in [2.75, 3.05) is 32.0 Å². The lowest BCUT2D eigenvalue weighted by atomic mass is 9.74. The third-order valence-corrected chi connectivity index (χ3v) is 8.82. The van der Waals surface area contributed by atoms with Gasteiger partial charge in [0.2, 0.25) is 0 Å². The van der Waals surface area contributed by atoms with Gasteiger partial charge in [-0.3, -0.25) is 9.59 Å². The average Bonchev–Trinajstić information content (AvgIpc) is 3.35. The third kappa shape index (κ3) is 5.90. The maximum atomic E-state index is 13.0. The zero-order valence-electron chi connectivity index (χ0n) is 20.0. The van der Waals surface area contributed by atoms with E-state index in [9.17, 15) is 9.59 Å². The fourth-order valence-corrected chi connectivity index (χ4v) is 6.61. The molecule has 0 bridgehead atoms. The molecule has 6 nitrogen and oxygen atoms in total. The van der Waals surface area contributed by atoms with Gasteiger partial charge in [-0.1, -0.05) is 12.1 Å². The summed E-state index contributed by atoms with van der Waals surface area (Å²) in [4.78, 5) is 32.4. The highest BCUT2D eigenvalue weighted by molar-refractivity contribution is 8.01. The number of carbonyl (C=O) groups excluding carboxylic acids is 1. The van der Waals surface area contributed by atoms with Crippen LogP contribution in [0, 0.1) is 12.3 Å². The van der Waals surface area contributed by atoms with Crippen molar-refractivity contribution < 1.29 is 9.53 Å². The number of thioether (sulfide) groups is 1. The molecule has 1 aliphatic heterocycles.